The summed E-state index contributed by atoms with van der Waals surface area (Å²) >= 11 is 11.7. The minimum absolute atomic E-state index is 0.488. The number of ether oxygens (including phenoxy) is 1. The summed E-state index contributed by atoms with van der Waals surface area (Å²) in [5.74, 6) is 0. The Morgan fingerprint density at radius 1 is 1.32 bits per heavy atom. The van der Waals surface area contributed by atoms with Gasteiger partial charge in [-0.15, -0.1) is 0 Å². The Labute approximate surface area is 175 Å². The highest BCUT2D eigenvalue weighted by Crippen LogP contribution is 2.21. The Kier molecular flexibility index (Phi) is 7.79. The first-order chi connectivity index (χ1) is 13.6. The molecule has 1 saturated heterocycles. The summed E-state index contributed by atoms with van der Waals surface area (Å²) in [4.78, 5) is 2.40. The van der Waals surface area contributed by atoms with Crippen LogP contribution in [-0.4, -0.2) is 65.4 Å². The normalized spacial score (nSPS) is 15.1. The van der Waals surface area contributed by atoms with Gasteiger partial charge in [0.2, 0.25) is 0 Å². The van der Waals surface area contributed by atoms with Gasteiger partial charge in [0, 0.05) is 19.6 Å². The number of thiocarbonyl (C=S) groups is 1. The van der Waals surface area contributed by atoms with Gasteiger partial charge in [0.1, 0.15) is 5.15 Å². The first kappa shape index (κ1) is 20.7. The van der Waals surface area contributed by atoms with Crippen molar-refractivity contribution in [3.05, 3.63) is 46.7 Å². The quantitative estimate of drug-likeness (QED) is 0.310. The molecule has 0 aliphatic carbocycles. The number of para-hydroxylation sites is 1. The van der Waals surface area contributed by atoms with Crippen molar-refractivity contribution in [2.24, 2.45) is 5.10 Å². The smallest absolute Gasteiger partial charge is 0.186 e. The highest BCUT2D eigenvalue weighted by molar-refractivity contribution is 7.80. The third kappa shape index (κ3) is 5.75. The van der Waals surface area contributed by atoms with Crippen LogP contribution in [0.3, 0.4) is 0 Å². The number of hydrazone groups is 1. The van der Waals surface area contributed by atoms with Crippen molar-refractivity contribution in [3.63, 3.8) is 0 Å². The summed E-state index contributed by atoms with van der Waals surface area (Å²) in [6, 6.07) is 9.75. The number of halogens is 1. The molecule has 2 heterocycles. The van der Waals surface area contributed by atoms with Crippen LogP contribution in [0.5, 0.6) is 0 Å². The van der Waals surface area contributed by atoms with Gasteiger partial charge in [-0.25, -0.2) is 4.68 Å². The van der Waals surface area contributed by atoms with E-state index in [-0.39, 0.29) is 0 Å². The Bertz CT molecular complexity index is 804. The molecule has 2 N–H and O–H groups in total. The molecule has 1 aromatic heterocycles. The predicted octanol–water partition coefficient (Wildman–Crippen LogP) is 2.35. The molecule has 3 rings (SSSR count). The van der Waals surface area contributed by atoms with E-state index in [1.807, 2.05) is 37.3 Å². The number of nitrogens with one attached hydrogen (secondary N) is 2. The molecule has 0 bridgehead atoms. The molecule has 1 fully saturated rings. The summed E-state index contributed by atoms with van der Waals surface area (Å²) in [6.45, 7) is 7.39. The lowest BCUT2D eigenvalue weighted by molar-refractivity contribution is 0.0376. The van der Waals surface area contributed by atoms with Gasteiger partial charge in [0.15, 0.2) is 5.11 Å². The number of aromatic nitrogens is 2. The van der Waals surface area contributed by atoms with E-state index in [2.05, 4.69) is 25.8 Å². The van der Waals surface area contributed by atoms with E-state index in [4.69, 9.17) is 28.6 Å². The molecule has 0 atom stereocenters. The van der Waals surface area contributed by atoms with Crippen molar-refractivity contribution in [1.29, 1.82) is 0 Å². The molecule has 0 spiro atoms. The lowest BCUT2D eigenvalue weighted by Gasteiger charge is -2.26. The maximum atomic E-state index is 6.48. The molecule has 0 saturated carbocycles. The third-order valence-corrected chi connectivity index (χ3v) is 5.05. The first-order valence-corrected chi connectivity index (χ1v) is 10.1. The van der Waals surface area contributed by atoms with Crippen LogP contribution in [0.15, 0.2) is 35.4 Å². The molecule has 28 heavy (non-hydrogen) atoms. The van der Waals surface area contributed by atoms with E-state index >= 15 is 0 Å². The van der Waals surface area contributed by atoms with Gasteiger partial charge in [0.25, 0.3) is 0 Å². The monoisotopic (exact) mass is 420 g/mol. The molecule has 1 aliphatic rings. The number of hydrogen-bond donors (Lipinski definition) is 2. The SMILES string of the molecule is Cc1nn(-c2ccccc2)c(Cl)c1/C=N\NC(=S)NCCCN1CCOCC1. The minimum atomic E-state index is 0.488. The number of hydrogen-bond acceptors (Lipinski definition) is 5. The van der Waals surface area contributed by atoms with Crippen molar-refractivity contribution in [1.82, 2.24) is 25.4 Å². The van der Waals surface area contributed by atoms with E-state index in [0.717, 1.165) is 62.8 Å². The van der Waals surface area contributed by atoms with Crippen LogP contribution in [0.2, 0.25) is 5.15 Å². The minimum Gasteiger partial charge on any atom is -0.379 e. The second-order valence-corrected chi connectivity index (χ2v) is 7.24. The second-order valence-electron chi connectivity index (χ2n) is 6.47. The third-order valence-electron chi connectivity index (χ3n) is 4.45. The zero-order chi connectivity index (χ0) is 19.8. The van der Waals surface area contributed by atoms with Gasteiger partial charge in [-0.05, 0) is 44.2 Å². The molecule has 1 aliphatic heterocycles. The van der Waals surface area contributed by atoms with Gasteiger partial charge in [-0.3, -0.25) is 10.3 Å². The number of nitrogens with zero attached hydrogens (tertiary/aromatic N) is 4. The topological polar surface area (TPSA) is 66.7 Å². The van der Waals surface area contributed by atoms with E-state index < -0.39 is 0 Å². The maximum Gasteiger partial charge on any atom is 0.186 e. The zero-order valence-corrected chi connectivity index (χ0v) is 17.5. The predicted molar refractivity (Wildman–Crippen MR) is 117 cm³/mol. The van der Waals surface area contributed by atoms with Gasteiger partial charge in [-0.2, -0.15) is 10.2 Å². The van der Waals surface area contributed by atoms with E-state index in [1.54, 1.807) is 10.9 Å². The number of rotatable bonds is 7. The van der Waals surface area contributed by atoms with Crippen LogP contribution in [0.25, 0.3) is 5.69 Å². The van der Waals surface area contributed by atoms with Crippen molar-refractivity contribution < 1.29 is 4.74 Å². The van der Waals surface area contributed by atoms with Crippen molar-refractivity contribution in [2.75, 3.05) is 39.4 Å². The number of benzene rings is 1. The van der Waals surface area contributed by atoms with E-state index in [9.17, 15) is 0 Å². The molecule has 0 amide bonds. The summed E-state index contributed by atoms with van der Waals surface area (Å²) in [5.41, 5.74) is 5.29. The summed E-state index contributed by atoms with van der Waals surface area (Å²) in [5, 5.41) is 12.8. The lowest BCUT2D eigenvalue weighted by Crippen LogP contribution is -2.39. The average molecular weight is 421 g/mol. The summed E-state index contributed by atoms with van der Waals surface area (Å²) in [7, 11) is 0. The van der Waals surface area contributed by atoms with Crippen LogP contribution < -0.4 is 10.7 Å². The standard InChI is InChI=1S/C19H25ClN6OS/c1-15-17(18(20)26(24-15)16-6-3-2-4-7-16)14-22-23-19(28)21-8-5-9-25-10-12-27-13-11-25/h2-4,6-7,14H,5,8-13H2,1H3,(H2,21,23,28)/b22-14-. The van der Waals surface area contributed by atoms with Crippen molar-refractivity contribution in [3.8, 4) is 5.69 Å². The highest BCUT2D eigenvalue weighted by Gasteiger charge is 2.13. The van der Waals surface area contributed by atoms with Crippen LogP contribution in [0, 0.1) is 6.92 Å². The molecule has 1 aromatic carbocycles. The number of aryl methyl sites for hydroxylation is 1. The maximum absolute atomic E-state index is 6.48. The fraction of sp³-hybridized carbons (Fsp3) is 0.421. The van der Waals surface area contributed by atoms with Crippen LogP contribution in [0.1, 0.15) is 17.7 Å². The van der Waals surface area contributed by atoms with Crippen molar-refractivity contribution in [2.45, 2.75) is 13.3 Å². The van der Waals surface area contributed by atoms with E-state index in [1.165, 1.54) is 0 Å². The Morgan fingerprint density at radius 3 is 2.82 bits per heavy atom. The average Bonchev–Trinajstić information content (AvgIpc) is 3.01. The molecular weight excluding hydrogens is 396 g/mol. The second kappa shape index (κ2) is 10.5. The molecular formula is C19H25ClN6OS. The van der Waals surface area contributed by atoms with Crippen LogP contribution >= 0.6 is 23.8 Å². The van der Waals surface area contributed by atoms with Crippen molar-refractivity contribution >= 4 is 35.1 Å². The van der Waals surface area contributed by atoms with Crippen LogP contribution in [-0.2, 0) is 4.74 Å². The van der Waals surface area contributed by atoms with Gasteiger partial charge < -0.3 is 10.1 Å². The highest BCUT2D eigenvalue weighted by atomic mass is 35.5. The Morgan fingerprint density at radius 2 is 2.07 bits per heavy atom. The molecule has 2 aromatic rings. The van der Waals surface area contributed by atoms with Gasteiger partial charge >= 0.3 is 0 Å². The lowest BCUT2D eigenvalue weighted by atomic mass is 10.3. The molecule has 0 radical (unpaired) electrons. The van der Waals surface area contributed by atoms with E-state index in [0.29, 0.717) is 10.3 Å². The first-order valence-electron chi connectivity index (χ1n) is 9.32. The molecule has 0 unspecified atom stereocenters. The molecule has 9 heteroatoms. The fourth-order valence-corrected chi connectivity index (χ4v) is 3.40. The van der Waals surface area contributed by atoms with Crippen LogP contribution in [0.4, 0.5) is 0 Å². The fourth-order valence-electron chi connectivity index (χ4n) is 2.92. The number of morpholine rings is 1. The summed E-state index contributed by atoms with van der Waals surface area (Å²) in [6.07, 6.45) is 2.66. The molecule has 150 valence electrons. The van der Waals surface area contributed by atoms with Gasteiger partial charge in [-0.1, -0.05) is 29.8 Å². The Hall–Kier alpha value is -2.00. The Balaban J connectivity index is 1.45. The molecule has 7 nitrogen and oxygen atoms in total. The van der Waals surface area contributed by atoms with Gasteiger partial charge in [0.05, 0.1) is 36.4 Å². The largest absolute Gasteiger partial charge is 0.379 e. The zero-order valence-electron chi connectivity index (χ0n) is 15.9. The summed E-state index contributed by atoms with van der Waals surface area (Å²) < 4.78 is 7.04.